The van der Waals surface area contributed by atoms with Crippen molar-refractivity contribution in [1.82, 2.24) is 5.32 Å². The van der Waals surface area contributed by atoms with Crippen LogP contribution in [0.2, 0.25) is 0 Å². The highest BCUT2D eigenvalue weighted by Gasteiger charge is 2.19. The number of carboxylic acid groups (broad SMARTS) is 1. The van der Waals surface area contributed by atoms with Crippen LogP contribution in [0, 0.1) is 5.92 Å². The van der Waals surface area contributed by atoms with Gasteiger partial charge in [-0.15, -0.1) is 0 Å². The third-order valence-electron chi connectivity index (χ3n) is 4.27. The predicted octanol–water partition coefficient (Wildman–Crippen LogP) is 3.27. The zero-order chi connectivity index (χ0) is 22.8. The summed E-state index contributed by atoms with van der Waals surface area (Å²) in [5.41, 5.74) is 1.73. The van der Waals surface area contributed by atoms with Gasteiger partial charge in [0, 0.05) is 35.4 Å². The Bertz CT molecular complexity index is 915. The second kappa shape index (κ2) is 11.3. The normalized spacial score (nSPS) is 12.2. The Morgan fingerprint density at radius 3 is 1.84 bits per heavy atom. The van der Waals surface area contributed by atoms with E-state index in [4.69, 9.17) is 5.11 Å². The van der Waals surface area contributed by atoms with Gasteiger partial charge in [-0.3, -0.25) is 14.4 Å². The van der Waals surface area contributed by atoms with Crippen molar-refractivity contribution in [3.8, 4) is 0 Å². The highest BCUT2D eigenvalue weighted by Crippen LogP contribution is 2.15. The van der Waals surface area contributed by atoms with E-state index in [9.17, 15) is 19.2 Å². The summed E-state index contributed by atoms with van der Waals surface area (Å²) >= 11 is 0. The molecule has 5 N–H and O–H groups in total. The van der Waals surface area contributed by atoms with Crippen molar-refractivity contribution in [3.05, 3.63) is 54.6 Å². The van der Waals surface area contributed by atoms with E-state index in [2.05, 4.69) is 21.3 Å². The number of urea groups is 1. The first-order chi connectivity index (χ1) is 14.7. The number of para-hydroxylation sites is 1. The minimum Gasteiger partial charge on any atom is -0.481 e. The Kier molecular flexibility index (Phi) is 8.56. The predicted molar refractivity (Wildman–Crippen MR) is 118 cm³/mol. The van der Waals surface area contributed by atoms with Crippen LogP contribution < -0.4 is 21.3 Å². The number of aliphatic carboxylic acids is 1. The summed E-state index contributed by atoms with van der Waals surface area (Å²) in [4.78, 5) is 46.9. The fourth-order valence-electron chi connectivity index (χ4n) is 2.73. The smallest absolute Gasteiger partial charge is 0.323 e. The number of hydrogen-bond acceptors (Lipinski definition) is 4. The Hall–Kier alpha value is -3.88. The van der Waals surface area contributed by atoms with Gasteiger partial charge in [0.05, 0.1) is 6.42 Å². The minimum absolute atomic E-state index is 0.0505. The number of carbonyl (C=O) groups excluding carboxylic acids is 3. The van der Waals surface area contributed by atoms with E-state index in [1.807, 2.05) is 18.2 Å². The van der Waals surface area contributed by atoms with Crippen molar-refractivity contribution in [2.24, 2.45) is 5.92 Å². The number of rotatable bonds is 9. The highest BCUT2D eigenvalue weighted by atomic mass is 16.4. The molecule has 9 heteroatoms. The van der Waals surface area contributed by atoms with Gasteiger partial charge in [0.25, 0.3) is 0 Å². The van der Waals surface area contributed by atoms with Crippen molar-refractivity contribution in [2.75, 3.05) is 16.0 Å². The third kappa shape index (κ3) is 8.57. The van der Waals surface area contributed by atoms with Gasteiger partial charge in [-0.1, -0.05) is 25.1 Å². The van der Waals surface area contributed by atoms with Crippen LogP contribution >= 0.6 is 0 Å². The molecule has 0 saturated carbocycles. The van der Waals surface area contributed by atoms with Crippen molar-refractivity contribution in [2.45, 2.75) is 32.7 Å². The van der Waals surface area contributed by atoms with Gasteiger partial charge in [-0.25, -0.2) is 4.79 Å². The van der Waals surface area contributed by atoms with Gasteiger partial charge in [0.1, 0.15) is 0 Å². The fourth-order valence-corrected chi connectivity index (χ4v) is 2.73. The molecule has 2 unspecified atom stereocenters. The Labute approximate surface area is 180 Å². The number of carbonyl (C=O) groups is 4. The molecule has 0 radical (unpaired) electrons. The highest BCUT2D eigenvalue weighted by molar-refractivity contribution is 6.00. The maximum atomic E-state index is 12.2. The monoisotopic (exact) mass is 426 g/mol. The molecular weight excluding hydrogens is 400 g/mol. The number of anilines is 3. The molecule has 2 aromatic rings. The van der Waals surface area contributed by atoms with Crippen LogP contribution in [0.3, 0.4) is 0 Å². The molecule has 0 bridgehead atoms. The number of carboxylic acids is 1. The van der Waals surface area contributed by atoms with Crippen molar-refractivity contribution in [1.29, 1.82) is 0 Å². The molecule has 4 amide bonds. The lowest BCUT2D eigenvalue weighted by atomic mass is 10.1. The summed E-state index contributed by atoms with van der Waals surface area (Å²) in [6.45, 7) is 3.19. The molecule has 0 fully saturated rings. The Morgan fingerprint density at radius 1 is 0.774 bits per heavy atom. The van der Waals surface area contributed by atoms with Crippen LogP contribution in [-0.4, -0.2) is 35.0 Å². The molecule has 0 heterocycles. The SMILES string of the molecule is CC(CC(=O)O)NC(=O)C(C)CC(=O)Nc1ccc(NC(=O)Nc2ccccc2)cc1. The minimum atomic E-state index is -1.01. The van der Waals surface area contributed by atoms with Crippen molar-refractivity contribution < 1.29 is 24.3 Å². The van der Waals surface area contributed by atoms with Gasteiger partial charge < -0.3 is 26.4 Å². The van der Waals surface area contributed by atoms with Crippen LogP contribution in [0.25, 0.3) is 0 Å². The molecule has 164 valence electrons. The quantitative estimate of drug-likeness (QED) is 0.419. The Balaban J connectivity index is 1.79. The molecule has 0 spiro atoms. The van der Waals surface area contributed by atoms with Crippen LogP contribution in [0.1, 0.15) is 26.7 Å². The van der Waals surface area contributed by atoms with E-state index >= 15 is 0 Å². The van der Waals surface area contributed by atoms with Crippen LogP contribution in [0.4, 0.5) is 21.9 Å². The second-order valence-electron chi connectivity index (χ2n) is 7.18. The van der Waals surface area contributed by atoms with Gasteiger partial charge in [0.2, 0.25) is 11.8 Å². The largest absolute Gasteiger partial charge is 0.481 e. The van der Waals surface area contributed by atoms with E-state index in [-0.39, 0.29) is 30.7 Å². The summed E-state index contributed by atoms with van der Waals surface area (Å²) in [5.74, 6) is -2.35. The lowest BCUT2D eigenvalue weighted by molar-refractivity contribution is -0.138. The molecule has 9 nitrogen and oxygen atoms in total. The van der Waals surface area contributed by atoms with Crippen LogP contribution in [0.5, 0.6) is 0 Å². The first-order valence-corrected chi connectivity index (χ1v) is 9.78. The molecule has 0 aliphatic heterocycles. The first-order valence-electron chi connectivity index (χ1n) is 9.78. The standard InChI is InChI=1S/C22H26N4O5/c1-14(21(30)23-15(2)13-20(28)29)12-19(27)24-17-8-10-18(11-9-17)26-22(31)25-16-6-4-3-5-7-16/h3-11,14-15H,12-13H2,1-2H3,(H,23,30)(H,24,27)(H,28,29)(H2,25,26,31). The summed E-state index contributed by atoms with van der Waals surface area (Å²) in [6, 6.07) is 14.7. The molecule has 0 aromatic heterocycles. The molecule has 0 saturated heterocycles. The zero-order valence-corrected chi connectivity index (χ0v) is 17.3. The maximum absolute atomic E-state index is 12.2. The fraction of sp³-hybridized carbons (Fsp3) is 0.273. The third-order valence-corrected chi connectivity index (χ3v) is 4.27. The van der Waals surface area contributed by atoms with Crippen molar-refractivity contribution in [3.63, 3.8) is 0 Å². The van der Waals surface area contributed by atoms with Gasteiger partial charge in [-0.2, -0.15) is 0 Å². The number of hydrogen-bond donors (Lipinski definition) is 5. The number of nitrogens with one attached hydrogen (secondary N) is 4. The maximum Gasteiger partial charge on any atom is 0.323 e. The molecule has 2 aromatic carbocycles. The number of amides is 4. The average Bonchev–Trinajstić information content (AvgIpc) is 2.69. The average molecular weight is 426 g/mol. The Morgan fingerprint density at radius 2 is 1.29 bits per heavy atom. The van der Waals surface area contributed by atoms with E-state index in [1.54, 1.807) is 50.2 Å². The van der Waals surface area contributed by atoms with E-state index in [0.29, 0.717) is 17.1 Å². The zero-order valence-electron chi connectivity index (χ0n) is 17.3. The molecular formula is C22H26N4O5. The second-order valence-corrected chi connectivity index (χ2v) is 7.18. The first kappa shape index (κ1) is 23.4. The summed E-state index contributed by atoms with van der Waals surface area (Å²) in [5, 5.41) is 19.4. The van der Waals surface area contributed by atoms with E-state index < -0.39 is 17.9 Å². The van der Waals surface area contributed by atoms with Gasteiger partial charge >= 0.3 is 12.0 Å². The van der Waals surface area contributed by atoms with Crippen molar-refractivity contribution >= 4 is 40.9 Å². The summed E-state index contributed by atoms with van der Waals surface area (Å²) in [6.07, 6.45) is -0.237. The summed E-state index contributed by atoms with van der Waals surface area (Å²) in [7, 11) is 0. The van der Waals surface area contributed by atoms with Crippen LogP contribution in [-0.2, 0) is 14.4 Å². The molecule has 0 aliphatic carbocycles. The topological polar surface area (TPSA) is 137 Å². The van der Waals surface area contributed by atoms with Gasteiger partial charge in [-0.05, 0) is 43.3 Å². The molecule has 2 atom stereocenters. The molecule has 2 rings (SSSR count). The van der Waals surface area contributed by atoms with Crippen LogP contribution in [0.15, 0.2) is 54.6 Å². The van der Waals surface area contributed by atoms with E-state index in [1.165, 1.54) is 0 Å². The lowest BCUT2D eigenvalue weighted by Gasteiger charge is -2.16. The summed E-state index contributed by atoms with van der Waals surface area (Å²) < 4.78 is 0. The molecule has 0 aliphatic rings. The number of benzene rings is 2. The van der Waals surface area contributed by atoms with E-state index in [0.717, 1.165) is 0 Å². The molecule has 31 heavy (non-hydrogen) atoms. The van der Waals surface area contributed by atoms with Gasteiger partial charge in [0.15, 0.2) is 0 Å². The lowest BCUT2D eigenvalue weighted by Crippen LogP contribution is -2.38.